The topological polar surface area (TPSA) is 136 Å². The average molecular weight is 434 g/mol. The largest absolute Gasteiger partial charge is 0.383 e. The number of benzene rings is 1. The number of nitrogen functional groups attached to an aromatic ring is 1. The van der Waals surface area contributed by atoms with Gasteiger partial charge < -0.3 is 21.3 Å². The number of primary amides is 1. The highest BCUT2D eigenvalue weighted by molar-refractivity contribution is 5.76. The summed E-state index contributed by atoms with van der Waals surface area (Å²) in [4.78, 5) is 19.3. The van der Waals surface area contributed by atoms with Crippen molar-refractivity contribution in [3.05, 3.63) is 52.6 Å². The molecule has 0 radical (unpaired) electrons. The fraction of sp³-hybridized carbons (Fsp3) is 0.417. The number of hydrogen-bond donors (Lipinski definition) is 2. The Hall–Kier alpha value is -3.62. The lowest BCUT2D eigenvalue weighted by Crippen LogP contribution is -2.32. The molecule has 8 nitrogen and oxygen atoms in total. The first-order valence-electron chi connectivity index (χ1n) is 10.9. The quantitative estimate of drug-likeness (QED) is 0.737. The van der Waals surface area contributed by atoms with Gasteiger partial charge in [0.2, 0.25) is 5.91 Å². The van der Waals surface area contributed by atoms with E-state index in [0.717, 1.165) is 44.7 Å². The van der Waals surface area contributed by atoms with E-state index < -0.39 is 0 Å². The van der Waals surface area contributed by atoms with Crippen LogP contribution in [0, 0.1) is 22.7 Å². The summed E-state index contributed by atoms with van der Waals surface area (Å²) in [5.74, 6) is 0.574. The lowest BCUT2D eigenvalue weighted by molar-refractivity contribution is -0.117. The minimum absolute atomic E-state index is 0.227. The fourth-order valence-corrected chi connectivity index (χ4v) is 3.76. The number of likely N-dealkylation sites (N-methyl/N-ethyl adjacent to an activating group) is 1. The van der Waals surface area contributed by atoms with Crippen molar-refractivity contribution < 1.29 is 4.79 Å². The number of nitriles is 2. The van der Waals surface area contributed by atoms with E-state index in [4.69, 9.17) is 11.5 Å². The molecule has 2 heterocycles. The minimum Gasteiger partial charge on any atom is -0.383 e. The minimum atomic E-state index is -0.286. The SMILES string of the molecule is CCc1c(C#N)c(N)nc(N2CCCN(CC)CC2)c1C#N.NC(=O)Cc1ccccc1. The molecule has 1 aromatic heterocycles. The Morgan fingerprint density at radius 1 is 1.06 bits per heavy atom. The normalized spacial score (nSPS) is 13.8. The van der Waals surface area contributed by atoms with Crippen molar-refractivity contribution in [3.8, 4) is 12.1 Å². The van der Waals surface area contributed by atoms with Crippen LogP contribution in [0.2, 0.25) is 0 Å². The summed E-state index contributed by atoms with van der Waals surface area (Å²) in [5, 5.41) is 18.8. The monoisotopic (exact) mass is 433 g/mol. The summed E-state index contributed by atoms with van der Waals surface area (Å²) in [6, 6.07) is 13.8. The molecule has 32 heavy (non-hydrogen) atoms. The molecular formula is C24H31N7O. The number of amides is 1. The summed E-state index contributed by atoms with van der Waals surface area (Å²) in [6.45, 7) is 8.80. The van der Waals surface area contributed by atoms with Crippen LogP contribution in [0.4, 0.5) is 11.6 Å². The average Bonchev–Trinajstić information content (AvgIpc) is 3.04. The number of hydrogen-bond acceptors (Lipinski definition) is 7. The molecule has 0 unspecified atom stereocenters. The summed E-state index contributed by atoms with van der Waals surface area (Å²) in [7, 11) is 0. The Bertz CT molecular complexity index is 992. The van der Waals surface area contributed by atoms with Gasteiger partial charge in [0.1, 0.15) is 23.8 Å². The first-order chi connectivity index (χ1) is 15.4. The van der Waals surface area contributed by atoms with E-state index in [1.54, 1.807) is 0 Å². The molecule has 3 rings (SSSR count). The Labute approximate surface area is 190 Å². The van der Waals surface area contributed by atoms with Gasteiger partial charge in [-0.25, -0.2) is 4.98 Å². The maximum Gasteiger partial charge on any atom is 0.221 e. The summed E-state index contributed by atoms with van der Waals surface area (Å²) in [5.41, 5.74) is 13.5. The molecule has 0 atom stereocenters. The van der Waals surface area contributed by atoms with Crippen molar-refractivity contribution in [3.63, 3.8) is 0 Å². The third kappa shape index (κ3) is 6.44. The zero-order valence-corrected chi connectivity index (χ0v) is 18.8. The standard InChI is InChI=1S/C16H22N6.C8H9NO/c1-3-12-13(10-17)15(19)20-16(14(12)11-18)22-7-5-6-21(4-2)8-9-22;9-8(10)6-7-4-2-1-3-5-7/h3-9H2,1-2H3,(H2,19,20);1-5H,6H2,(H2,9,10). The van der Waals surface area contributed by atoms with Gasteiger partial charge in [-0.1, -0.05) is 44.2 Å². The second-order valence-corrected chi connectivity index (χ2v) is 7.53. The van der Waals surface area contributed by atoms with Gasteiger partial charge in [0.15, 0.2) is 0 Å². The number of pyridine rings is 1. The highest BCUT2D eigenvalue weighted by Crippen LogP contribution is 2.28. The summed E-state index contributed by atoms with van der Waals surface area (Å²) >= 11 is 0. The van der Waals surface area contributed by atoms with E-state index in [9.17, 15) is 15.3 Å². The molecule has 4 N–H and O–H groups in total. The van der Waals surface area contributed by atoms with Gasteiger partial charge >= 0.3 is 0 Å². The fourth-order valence-electron chi connectivity index (χ4n) is 3.76. The number of rotatable bonds is 5. The van der Waals surface area contributed by atoms with Crippen LogP contribution in [0.1, 0.15) is 42.5 Å². The van der Waals surface area contributed by atoms with Crippen molar-refractivity contribution >= 4 is 17.5 Å². The lowest BCUT2D eigenvalue weighted by Gasteiger charge is -2.24. The Kier molecular flexibility index (Phi) is 9.46. The number of carbonyl (C=O) groups excluding carboxylic acids is 1. The van der Waals surface area contributed by atoms with Gasteiger partial charge in [0.25, 0.3) is 0 Å². The smallest absolute Gasteiger partial charge is 0.221 e. The molecule has 0 spiro atoms. The van der Waals surface area contributed by atoms with Crippen LogP contribution in [0.5, 0.6) is 0 Å². The van der Waals surface area contributed by atoms with Crippen LogP contribution >= 0.6 is 0 Å². The predicted molar refractivity (Wildman–Crippen MR) is 126 cm³/mol. The second kappa shape index (κ2) is 12.3. The van der Waals surface area contributed by atoms with Crippen LogP contribution in [0.25, 0.3) is 0 Å². The number of nitrogens with two attached hydrogens (primary N) is 2. The number of anilines is 2. The van der Waals surface area contributed by atoms with Gasteiger partial charge in [0.05, 0.1) is 17.5 Å². The van der Waals surface area contributed by atoms with Gasteiger partial charge in [-0.2, -0.15) is 10.5 Å². The van der Waals surface area contributed by atoms with Crippen molar-refractivity contribution in [1.29, 1.82) is 10.5 Å². The molecule has 1 aliphatic heterocycles. The zero-order valence-electron chi connectivity index (χ0n) is 18.8. The molecule has 0 bridgehead atoms. The second-order valence-electron chi connectivity index (χ2n) is 7.53. The van der Waals surface area contributed by atoms with Crippen molar-refractivity contribution in [2.24, 2.45) is 5.73 Å². The Balaban J connectivity index is 0.000000303. The van der Waals surface area contributed by atoms with E-state index in [0.29, 0.717) is 35.3 Å². The molecule has 1 amide bonds. The maximum atomic E-state index is 10.4. The van der Waals surface area contributed by atoms with E-state index in [2.05, 4.69) is 33.8 Å². The van der Waals surface area contributed by atoms with Gasteiger partial charge in [-0.15, -0.1) is 0 Å². The van der Waals surface area contributed by atoms with Crippen LogP contribution in [-0.2, 0) is 17.6 Å². The van der Waals surface area contributed by atoms with E-state index in [1.807, 2.05) is 37.3 Å². The number of nitrogens with zero attached hydrogens (tertiary/aromatic N) is 5. The molecule has 1 fully saturated rings. The van der Waals surface area contributed by atoms with Crippen LogP contribution < -0.4 is 16.4 Å². The third-order valence-corrected chi connectivity index (χ3v) is 5.44. The van der Waals surface area contributed by atoms with Gasteiger partial charge in [-0.05, 0) is 37.1 Å². The third-order valence-electron chi connectivity index (χ3n) is 5.44. The zero-order chi connectivity index (χ0) is 23.5. The lowest BCUT2D eigenvalue weighted by atomic mass is 10.0. The van der Waals surface area contributed by atoms with Crippen molar-refractivity contribution in [2.45, 2.75) is 33.1 Å². The molecule has 168 valence electrons. The van der Waals surface area contributed by atoms with E-state index >= 15 is 0 Å². The highest BCUT2D eigenvalue weighted by Gasteiger charge is 2.23. The Morgan fingerprint density at radius 3 is 2.31 bits per heavy atom. The predicted octanol–water partition coefficient (Wildman–Crippen LogP) is 2.22. The van der Waals surface area contributed by atoms with Crippen LogP contribution in [-0.4, -0.2) is 48.5 Å². The molecule has 0 saturated carbocycles. The molecule has 1 saturated heterocycles. The van der Waals surface area contributed by atoms with Crippen LogP contribution in [0.3, 0.4) is 0 Å². The molecule has 0 aliphatic carbocycles. The first-order valence-corrected chi connectivity index (χ1v) is 10.9. The highest BCUT2D eigenvalue weighted by atomic mass is 16.1. The van der Waals surface area contributed by atoms with Crippen LogP contribution in [0.15, 0.2) is 30.3 Å². The van der Waals surface area contributed by atoms with Crippen molar-refractivity contribution in [1.82, 2.24) is 9.88 Å². The van der Waals surface area contributed by atoms with Gasteiger partial charge in [0, 0.05) is 19.6 Å². The molecular weight excluding hydrogens is 402 g/mol. The molecule has 8 heteroatoms. The summed E-state index contributed by atoms with van der Waals surface area (Å²) in [6.07, 6.45) is 1.96. The maximum absolute atomic E-state index is 10.4. The Morgan fingerprint density at radius 2 is 1.75 bits per heavy atom. The summed E-state index contributed by atoms with van der Waals surface area (Å²) < 4.78 is 0. The van der Waals surface area contributed by atoms with E-state index in [-0.39, 0.29) is 11.7 Å². The van der Waals surface area contributed by atoms with Gasteiger partial charge in [-0.3, -0.25) is 4.79 Å². The van der Waals surface area contributed by atoms with E-state index in [1.165, 1.54) is 0 Å². The number of carbonyl (C=O) groups is 1. The number of aromatic nitrogens is 1. The molecule has 1 aliphatic rings. The first kappa shape index (κ1) is 24.6. The van der Waals surface area contributed by atoms with Crippen molar-refractivity contribution in [2.75, 3.05) is 43.4 Å². The molecule has 1 aromatic carbocycles. The molecule has 2 aromatic rings.